The Morgan fingerprint density at radius 2 is 1.60 bits per heavy atom. The van der Waals surface area contributed by atoms with E-state index in [1.54, 1.807) is 24.3 Å². The van der Waals surface area contributed by atoms with Gasteiger partial charge in [0.05, 0.1) is 11.1 Å². The van der Waals surface area contributed by atoms with Gasteiger partial charge in [0.25, 0.3) is 0 Å². The van der Waals surface area contributed by atoms with Gasteiger partial charge in [0, 0.05) is 52.9 Å². The first-order valence-electron chi connectivity index (χ1n) is 14.1. The molecule has 2 heterocycles. The zero-order valence-corrected chi connectivity index (χ0v) is 23.6. The Morgan fingerprint density at radius 1 is 0.857 bits per heavy atom. The predicted octanol–water partition coefficient (Wildman–Crippen LogP) is 8.89. The summed E-state index contributed by atoms with van der Waals surface area (Å²) in [6.07, 6.45) is -3.36. The molecule has 8 heteroatoms. The second-order valence-electron chi connectivity index (χ2n) is 11.1. The summed E-state index contributed by atoms with van der Waals surface area (Å²) in [5.41, 5.74) is 2.69. The van der Waals surface area contributed by atoms with Crippen LogP contribution in [0.4, 0.5) is 30.2 Å². The van der Waals surface area contributed by atoms with E-state index >= 15 is 0 Å². The van der Waals surface area contributed by atoms with Crippen LogP contribution < -0.4 is 15.0 Å². The Bertz CT molecular complexity index is 1650. The van der Waals surface area contributed by atoms with Crippen LogP contribution in [0, 0.1) is 5.92 Å². The van der Waals surface area contributed by atoms with E-state index in [1.165, 1.54) is 12.1 Å². The number of hydrogen-bond acceptors (Lipinski definition) is 5. The highest BCUT2D eigenvalue weighted by molar-refractivity contribution is 5.97. The fourth-order valence-electron chi connectivity index (χ4n) is 5.73. The van der Waals surface area contributed by atoms with E-state index in [9.17, 15) is 18.0 Å². The zero-order chi connectivity index (χ0) is 29.6. The minimum absolute atomic E-state index is 0.429. The van der Waals surface area contributed by atoms with E-state index in [0.717, 1.165) is 37.3 Å². The number of carbonyl (C=O) groups is 1. The summed E-state index contributed by atoms with van der Waals surface area (Å²) in [5, 5.41) is 3.18. The molecule has 0 aliphatic carbocycles. The Hall–Kier alpha value is -4.46. The van der Waals surface area contributed by atoms with Crippen molar-refractivity contribution in [1.29, 1.82) is 0 Å². The van der Waals surface area contributed by atoms with Crippen LogP contribution in [-0.2, 0) is 16.5 Å². The van der Waals surface area contributed by atoms with Gasteiger partial charge in [-0.05, 0) is 79.9 Å². The Balaban J connectivity index is 1.44. The predicted molar refractivity (Wildman–Crippen MR) is 157 cm³/mol. The first kappa shape index (κ1) is 27.7. The first-order valence-corrected chi connectivity index (χ1v) is 14.1. The van der Waals surface area contributed by atoms with E-state index in [1.807, 2.05) is 36.4 Å². The number of alkyl halides is 3. The van der Waals surface area contributed by atoms with Gasteiger partial charge >= 0.3 is 12.1 Å². The van der Waals surface area contributed by atoms with Gasteiger partial charge in [0.2, 0.25) is 0 Å². The maximum atomic E-state index is 13.2. The number of benzene rings is 4. The van der Waals surface area contributed by atoms with Gasteiger partial charge < -0.3 is 19.7 Å². The normalized spacial score (nSPS) is 16.9. The molecule has 0 aromatic heterocycles. The number of rotatable bonds is 7. The summed E-state index contributed by atoms with van der Waals surface area (Å²) in [6.45, 7) is 8.28. The molecule has 0 bridgehead atoms. The number of nitrogens with one attached hydrogen (secondary N) is 1. The summed E-state index contributed by atoms with van der Waals surface area (Å²) in [7, 11) is 0. The number of carbonyl (C=O) groups excluding carboxylic acids is 1. The van der Waals surface area contributed by atoms with Crippen molar-refractivity contribution in [3.63, 3.8) is 0 Å². The molecule has 216 valence electrons. The van der Waals surface area contributed by atoms with Crippen molar-refractivity contribution in [2.75, 3.05) is 23.3 Å². The lowest BCUT2D eigenvalue weighted by Gasteiger charge is -2.37. The number of esters is 1. The Morgan fingerprint density at radius 3 is 2.31 bits per heavy atom. The van der Waals surface area contributed by atoms with Crippen molar-refractivity contribution in [2.24, 2.45) is 5.92 Å². The second kappa shape index (κ2) is 10.4. The van der Waals surface area contributed by atoms with Crippen molar-refractivity contribution in [3.8, 4) is 11.5 Å². The van der Waals surface area contributed by atoms with Crippen LogP contribution in [0.25, 0.3) is 0 Å². The maximum absolute atomic E-state index is 13.2. The van der Waals surface area contributed by atoms with Crippen molar-refractivity contribution >= 4 is 23.0 Å². The number of fused-ring (bicyclic) bond motifs is 6. The molecule has 1 atom stereocenters. The van der Waals surface area contributed by atoms with Crippen molar-refractivity contribution < 1.29 is 27.4 Å². The van der Waals surface area contributed by atoms with Crippen LogP contribution in [0.5, 0.6) is 11.5 Å². The highest BCUT2D eigenvalue weighted by Gasteiger charge is 2.53. The smallest absolute Gasteiger partial charge is 0.416 e. The van der Waals surface area contributed by atoms with E-state index < -0.39 is 23.3 Å². The minimum atomic E-state index is -4.41. The summed E-state index contributed by atoms with van der Waals surface area (Å²) in [5.74, 6) is 1.29. The quantitative estimate of drug-likeness (QED) is 0.224. The zero-order valence-electron chi connectivity index (χ0n) is 23.6. The second-order valence-corrected chi connectivity index (χ2v) is 11.1. The van der Waals surface area contributed by atoms with Gasteiger partial charge in [-0.1, -0.05) is 32.0 Å². The number of anilines is 3. The fraction of sp³-hybridized carbons (Fsp3) is 0.265. The fourth-order valence-corrected chi connectivity index (χ4v) is 5.73. The number of nitrogens with zero attached hydrogens (tertiary/aromatic N) is 1. The van der Waals surface area contributed by atoms with E-state index in [0.29, 0.717) is 51.0 Å². The highest BCUT2D eigenvalue weighted by Crippen LogP contribution is 2.57. The number of hydrogen-bond donors (Lipinski definition) is 1. The standard InChI is InChI=1S/C34H31F3N2O3/c1-4-39(18-17-21(2)3)25-14-15-28-31(20-25)41-30-16-13-24(38-23-11-9-22(10-12-23)34(35,36)37)19-29(30)33(28)27-8-6-5-7-26(27)32(40)42-33/h5-16,19-21,38H,4,17-18H2,1-3H3. The van der Waals surface area contributed by atoms with E-state index in [2.05, 4.69) is 31.0 Å². The van der Waals surface area contributed by atoms with Crippen molar-refractivity contribution in [2.45, 2.75) is 39.0 Å². The summed E-state index contributed by atoms with van der Waals surface area (Å²) in [6, 6.07) is 23.6. The van der Waals surface area contributed by atoms with Gasteiger partial charge in [0.15, 0.2) is 5.60 Å². The van der Waals surface area contributed by atoms with Crippen LogP contribution in [0.3, 0.4) is 0 Å². The third-order valence-electron chi connectivity index (χ3n) is 7.92. The number of halogens is 3. The summed E-state index contributed by atoms with van der Waals surface area (Å²) < 4.78 is 51.9. The molecule has 0 amide bonds. The molecule has 42 heavy (non-hydrogen) atoms. The molecule has 1 unspecified atom stereocenters. The molecule has 0 radical (unpaired) electrons. The summed E-state index contributed by atoms with van der Waals surface area (Å²) >= 11 is 0. The SMILES string of the molecule is CCN(CCC(C)C)c1ccc2c(c1)Oc1ccc(Nc3ccc(C(F)(F)F)cc3)cc1C21OC(=O)c2ccccc21. The molecule has 6 rings (SSSR count). The van der Waals surface area contributed by atoms with Gasteiger partial charge in [-0.25, -0.2) is 4.79 Å². The van der Waals surface area contributed by atoms with Crippen LogP contribution in [0.15, 0.2) is 84.9 Å². The number of ether oxygens (including phenoxy) is 2. The monoisotopic (exact) mass is 572 g/mol. The van der Waals surface area contributed by atoms with Gasteiger partial charge in [-0.15, -0.1) is 0 Å². The molecule has 5 nitrogen and oxygen atoms in total. The molecule has 4 aromatic carbocycles. The highest BCUT2D eigenvalue weighted by atomic mass is 19.4. The van der Waals surface area contributed by atoms with E-state index in [-0.39, 0.29) is 0 Å². The van der Waals surface area contributed by atoms with Gasteiger partial charge in [0.1, 0.15) is 11.5 Å². The lowest BCUT2D eigenvalue weighted by molar-refractivity contribution is -0.137. The Labute approximate surface area is 242 Å². The van der Waals surface area contributed by atoms with Crippen LogP contribution in [-0.4, -0.2) is 19.1 Å². The first-order chi connectivity index (χ1) is 20.1. The van der Waals surface area contributed by atoms with Gasteiger partial charge in [-0.3, -0.25) is 0 Å². The molecule has 1 spiro atoms. The largest absolute Gasteiger partial charge is 0.456 e. The third-order valence-corrected chi connectivity index (χ3v) is 7.92. The average Bonchev–Trinajstić information content (AvgIpc) is 3.26. The molecule has 0 saturated heterocycles. The average molecular weight is 573 g/mol. The topological polar surface area (TPSA) is 50.8 Å². The molecule has 0 saturated carbocycles. The molecule has 1 N–H and O–H groups in total. The Kier molecular flexibility index (Phi) is 6.87. The van der Waals surface area contributed by atoms with Gasteiger partial charge in [-0.2, -0.15) is 13.2 Å². The maximum Gasteiger partial charge on any atom is 0.416 e. The molecular formula is C34H31F3N2O3. The van der Waals surface area contributed by atoms with Crippen LogP contribution >= 0.6 is 0 Å². The minimum Gasteiger partial charge on any atom is -0.456 e. The molecule has 4 aromatic rings. The van der Waals surface area contributed by atoms with Crippen LogP contribution in [0.2, 0.25) is 0 Å². The van der Waals surface area contributed by atoms with Crippen molar-refractivity contribution in [3.05, 3.63) is 113 Å². The lowest BCUT2D eigenvalue weighted by atomic mass is 9.77. The molecule has 2 aliphatic heterocycles. The van der Waals surface area contributed by atoms with Crippen LogP contribution in [0.1, 0.15) is 59.8 Å². The molecule has 0 fully saturated rings. The lowest BCUT2D eigenvalue weighted by Crippen LogP contribution is -2.33. The summed E-state index contributed by atoms with van der Waals surface area (Å²) in [4.78, 5) is 15.5. The molecular weight excluding hydrogens is 541 g/mol. The van der Waals surface area contributed by atoms with E-state index in [4.69, 9.17) is 9.47 Å². The third kappa shape index (κ3) is 4.74. The van der Waals surface area contributed by atoms with Crippen molar-refractivity contribution in [1.82, 2.24) is 0 Å². The molecule has 2 aliphatic rings.